The fourth-order valence-corrected chi connectivity index (χ4v) is 3.50. The number of aromatic nitrogens is 3. The van der Waals surface area contributed by atoms with E-state index in [2.05, 4.69) is 58.4 Å². The van der Waals surface area contributed by atoms with Gasteiger partial charge in [0.25, 0.3) is 0 Å². The SMILES string of the molecule is CC(Nc1nccc(N2C(=O)OCC2C(C)C)n1)c1ccc(-c2ccccn2)cc1. The van der Waals surface area contributed by atoms with Crippen LogP contribution in [0.15, 0.2) is 60.9 Å². The third-order valence-electron chi connectivity index (χ3n) is 5.28. The van der Waals surface area contributed by atoms with Gasteiger partial charge in [-0.05, 0) is 36.6 Å². The normalized spacial score (nSPS) is 17.1. The lowest BCUT2D eigenvalue weighted by Crippen LogP contribution is -2.37. The first kappa shape index (κ1) is 19.8. The Morgan fingerprint density at radius 1 is 1.03 bits per heavy atom. The zero-order chi connectivity index (χ0) is 21.1. The summed E-state index contributed by atoms with van der Waals surface area (Å²) in [6.07, 6.45) is 3.08. The van der Waals surface area contributed by atoms with Crippen LogP contribution in [0.25, 0.3) is 11.3 Å². The quantitative estimate of drug-likeness (QED) is 0.643. The molecule has 2 atom stereocenters. The lowest BCUT2D eigenvalue weighted by molar-refractivity contribution is 0.177. The van der Waals surface area contributed by atoms with Crippen LogP contribution in [-0.2, 0) is 4.74 Å². The summed E-state index contributed by atoms with van der Waals surface area (Å²) in [4.78, 5) is 27.1. The fourth-order valence-electron chi connectivity index (χ4n) is 3.50. The number of nitrogens with one attached hydrogen (secondary N) is 1. The van der Waals surface area contributed by atoms with Crippen LogP contribution >= 0.6 is 0 Å². The lowest BCUT2D eigenvalue weighted by Gasteiger charge is -2.23. The standard InChI is InChI=1S/C23H25N5O2/c1-15(2)20-14-30-23(29)28(20)21-11-13-25-22(27-21)26-16(3)17-7-9-18(10-8-17)19-6-4-5-12-24-19/h4-13,15-16,20H,14H2,1-3H3,(H,25,26,27). The maximum atomic E-state index is 12.2. The van der Waals surface area contributed by atoms with E-state index in [1.807, 2.05) is 25.1 Å². The van der Waals surface area contributed by atoms with E-state index < -0.39 is 0 Å². The lowest BCUT2D eigenvalue weighted by atomic mass is 10.0. The maximum absolute atomic E-state index is 12.2. The molecule has 1 aliphatic heterocycles. The zero-order valence-corrected chi connectivity index (χ0v) is 17.3. The smallest absolute Gasteiger partial charge is 0.415 e. The Hall–Kier alpha value is -3.48. The number of amides is 1. The van der Waals surface area contributed by atoms with E-state index in [1.165, 1.54) is 0 Å². The molecule has 1 N–H and O–H groups in total. The average Bonchev–Trinajstić information content (AvgIpc) is 3.16. The molecule has 0 bridgehead atoms. The molecule has 1 amide bonds. The molecule has 4 rings (SSSR count). The summed E-state index contributed by atoms with van der Waals surface area (Å²) in [5.74, 6) is 1.28. The van der Waals surface area contributed by atoms with Gasteiger partial charge < -0.3 is 10.1 Å². The van der Waals surface area contributed by atoms with Gasteiger partial charge in [0.05, 0.1) is 17.8 Å². The van der Waals surface area contributed by atoms with E-state index in [4.69, 9.17) is 4.74 Å². The van der Waals surface area contributed by atoms with Crippen molar-refractivity contribution >= 4 is 17.9 Å². The molecule has 30 heavy (non-hydrogen) atoms. The van der Waals surface area contributed by atoms with Crippen molar-refractivity contribution in [2.45, 2.75) is 32.9 Å². The number of rotatable bonds is 6. The predicted octanol–water partition coefficient (Wildman–Crippen LogP) is 4.69. The van der Waals surface area contributed by atoms with Gasteiger partial charge in [-0.15, -0.1) is 0 Å². The van der Waals surface area contributed by atoms with Crippen LogP contribution in [0.2, 0.25) is 0 Å². The third kappa shape index (κ3) is 4.10. The molecular formula is C23H25N5O2. The number of carbonyl (C=O) groups excluding carboxylic acids is 1. The predicted molar refractivity (Wildman–Crippen MR) is 116 cm³/mol. The Labute approximate surface area is 176 Å². The van der Waals surface area contributed by atoms with Gasteiger partial charge in [0.2, 0.25) is 5.95 Å². The minimum Gasteiger partial charge on any atom is -0.447 e. The Morgan fingerprint density at radius 3 is 2.53 bits per heavy atom. The maximum Gasteiger partial charge on any atom is 0.415 e. The first-order valence-electron chi connectivity index (χ1n) is 10.1. The molecule has 7 heteroatoms. The number of benzene rings is 1. The molecule has 154 valence electrons. The summed E-state index contributed by atoms with van der Waals surface area (Å²) in [7, 11) is 0. The summed E-state index contributed by atoms with van der Waals surface area (Å²) >= 11 is 0. The van der Waals surface area contributed by atoms with Crippen molar-refractivity contribution in [3.05, 3.63) is 66.5 Å². The molecule has 1 aliphatic rings. The highest BCUT2D eigenvalue weighted by molar-refractivity contribution is 5.89. The second-order valence-corrected chi connectivity index (χ2v) is 7.70. The molecule has 3 heterocycles. The van der Waals surface area contributed by atoms with E-state index in [0.717, 1.165) is 16.8 Å². The Morgan fingerprint density at radius 2 is 1.83 bits per heavy atom. The first-order valence-corrected chi connectivity index (χ1v) is 10.1. The van der Waals surface area contributed by atoms with Crippen molar-refractivity contribution in [1.29, 1.82) is 0 Å². The number of nitrogens with zero attached hydrogens (tertiary/aromatic N) is 4. The Kier molecular flexibility index (Phi) is 5.61. The molecule has 2 unspecified atom stereocenters. The molecule has 1 saturated heterocycles. The molecule has 0 saturated carbocycles. The Bertz CT molecular complexity index is 1010. The molecule has 0 spiro atoms. The van der Waals surface area contributed by atoms with Crippen LogP contribution in [0.3, 0.4) is 0 Å². The van der Waals surface area contributed by atoms with E-state index in [-0.39, 0.29) is 24.1 Å². The summed E-state index contributed by atoms with van der Waals surface area (Å²) in [6.45, 7) is 6.56. The van der Waals surface area contributed by atoms with E-state index in [9.17, 15) is 4.79 Å². The average molecular weight is 403 g/mol. The number of pyridine rings is 1. The van der Waals surface area contributed by atoms with Gasteiger partial charge in [-0.1, -0.05) is 44.2 Å². The molecule has 0 aliphatic carbocycles. The number of ether oxygens (including phenoxy) is 1. The van der Waals surface area contributed by atoms with Gasteiger partial charge >= 0.3 is 6.09 Å². The van der Waals surface area contributed by atoms with Crippen molar-refractivity contribution in [1.82, 2.24) is 15.0 Å². The van der Waals surface area contributed by atoms with Crippen molar-refractivity contribution in [2.75, 3.05) is 16.8 Å². The summed E-state index contributed by atoms with van der Waals surface area (Å²) in [5.41, 5.74) is 3.11. The van der Waals surface area contributed by atoms with Crippen molar-refractivity contribution in [3.63, 3.8) is 0 Å². The van der Waals surface area contributed by atoms with Crippen LogP contribution in [0.5, 0.6) is 0 Å². The van der Waals surface area contributed by atoms with Crippen LogP contribution in [0.1, 0.15) is 32.4 Å². The molecule has 1 fully saturated rings. The van der Waals surface area contributed by atoms with Crippen molar-refractivity contribution in [2.24, 2.45) is 5.92 Å². The Balaban J connectivity index is 1.49. The minimum absolute atomic E-state index is 0.00976. The first-order chi connectivity index (χ1) is 14.5. The highest BCUT2D eigenvalue weighted by atomic mass is 16.6. The topological polar surface area (TPSA) is 80.2 Å². The van der Waals surface area contributed by atoms with Gasteiger partial charge in [0, 0.05) is 18.0 Å². The highest BCUT2D eigenvalue weighted by Crippen LogP contribution is 2.27. The second-order valence-electron chi connectivity index (χ2n) is 7.70. The van der Waals surface area contributed by atoms with E-state index in [0.29, 0.717) is 18.4 Å². The van der Waals surface area contributed by atoms with Gasteiger partial charge in [0.15, 0.2) is 0 Å². The molecule has 7 nitrogen and oxygen atoms in total. The van der Waals surface area contributed by atoms with Gasteiger partial charge in [-0.2, -0.15) is 4.98 Å². The van der Waals surface area contributed by atoms with Gasteiger partial charge in [-0.3, -0.25) is 9.88 Å². The second kappa shape index (κ2) is 8.49. The van der Waals surface area contributed by atoms with E-state index in [1.54, 1.807) is 23.4 Å². The zero-order valence-electron chi connectivity index (χ0n) is 17.3. The third-order valence-corrected chi connectivity index (χ3v) is 5.28. The summed E-state index contributed by atoms with van der Waals surface area (Å²) < 4.78 is 5.23. The molecule has 1 aromatic carbocycles. The monoisotopic (exact) mass is 403 g/mol. The summed E-state index contributed by atoms with van der Waals surface area (Å²) in [6, 6.07) is 15.8. The van der Waals surface area contributed by atoms with Gasteiger partial charge in [0.1, 0.15) is 12.4 Å². The number of cyclic esters (lactones) is 1. The van der Waals surface area contributed by atoms with Crippen LogP contribution in [0, 0.1) is 5.92 Å². The number of hydrogen-bond donors (Lipinski definition) is 1. The fraction of sp³-hybridized carbons (Fsp3) is 0.304. The van der Waals surface area contributed by atoms with Crippen molar-refractivity contribution in [3.8, 4) is 11.3 Å². The van der Waals surface area contributed by atoms with Crippen LogP contribution < -0.4 is 10.2 Å². The van der Waals surface area contributed by atoms with E-state index >= 15 is 0 Å². The van der Waals surface area contributed by atoms with Gasteiger partial charge in [-0.25, -0.2) is 9.78 Å². The number of hydrogen-bond acceptors (Lipinski definition) is 6. The molecule has 3 aromatic rings. The van der Waals surface area contributed by atoms with Crippen LogP contribution in [0.4, 0.5) is 16.6 Å². The largest absolute Gasteiger partial charge is 0.447 e. The highest BCUT2D eigenvalue weighted by Gasteiger charge is 2.37. The molecular weight excluding hydrogens is 378 g/mol. The molecule has 0 radical (unpaired) electrons. The summed E-state index contributed by atoms with van der Waals surface area (Å²) in [5, 5.41) is 3.32. The number of anilines is 2. The minimum atomic E-state index is -0.364. The molecule has 2 aromatic heterocycles. The van der Waals surface area contributed by atoms with Crippen LogP contribution in [-0.4, -0.2) is 33.7 Å². The van der Waals surface area contributed by atoms with Crippen molar-refractivity contribution < 1.29 is 9.53 Å². The number of carbonyl (C=O) groups is 1.